The molecule has 1 fully saturated rings. The normalized spacial score (nSPS) is 23.8. The molecule has 5 heteroatoms. The summed E-state index contributed by atoms with van der Waals surface area (Å²) in [4.78, 5) is 16.7. The number of hydrogen-bond donors (Lipinski definition) is 1. The van der Waals surface area contributed by atoms with Gasteiger partial charge >= 0.3 is 5.97 Å². The average molecular weight is 330 g/mol. The van der Waals surface area contributed by atoms with Gasteiger partial charge in [-0.15, -0.1) is 11.3 Å². The lowest BCUT2D eigenvalue weighted by Crippen LogP contribution is -2.21. The average Bonchev–Trinajstić information content (AvgIpc) is 3.08. The number of nitrogens with zero attached hydrogens (tertiary/aromatic N) is 1. The zero-order chi connectivity index (χ0) is 16.4. The van der Waals surface area contributed by atoms with Gasteiger partial charge in [0.15, 0.2) is 10.7 Å². The van der Waals surface area contributed by atoms with Crippen molar-refractivity contribution in [1.29, 1.82) is 0 Å². The molecular formula is C18H22N2O2S. The number of hydrogen-bond acceptors (Lipinski definition) is 5. The van der Waals surface area contributed by atoms with Crippen LogP contribution in [-0.4, -0.2) is 11.0 Å². The Morgan fingerprint density at radius 1 is 1.39 bits per heavy atom. The zero-order valence-corrected chi connectivity index (χ0v) is 14.6. The Kier molecular flexibility index (Phi) is 4.39. The van der Waals surface area contributed by atoms with Gasteiger partial charge in [0.2, 0.25) is 0 Å². The Labute approximate surface area is 140 Å². The summed E-state index contributed by atoms with van der Waals surface area (Å²) in [6.07, 6.45) is 2.59. The predicted octanol–water partition coefficient (Wildman–Crippen LogP) is 4.77. The molecule has 0 unspecified atom stereocenters. The molecule has 1 aliphatic heterocycles. The van der Waals surface area contributed by atoms with Crippen LogP contribution in [0.15, 0.2) is 29.6 Å². The highest BCUT2D eigenvalue weighted by Gasteiger charge is 2.45. The van der Waals surface area contributed by atoms with E-state index in [1.807, 2.05) is 24.4 Å². The molecule has 0 bridgehead atoms. The molecule has 4 nitrogen and oxygen atoms in total. The van der Waals surface area contributed by atoms with Crippen molar-refractivity contribution in [2.75, 3.05) is 5.32 Å². The molecule has 0 amide bonds. The minimum Gasteiger partial charge on any atom is -0.453 e. The van der Waals surface area contributed by atoms with Crippen LogP contribution in [0.2, 0.25) is 0 Å². The number of carbonyl (C=O) groups is 1. The summed E-state index contributed by atoms with van der Waals surface area (Å²) >= 11 is 1.54. The molecule has 0 radical (unpaired) electrons. The topological polar surface area (TPSA) is 51.2 Å². The third-order valence-electron chi connectivity index (χ3n) is 4.28. The third kappa shape index (κ3) is 3.39. The van der Waals surface area contributed by atoms with E-state index in [4.69, 9.17) is 4.74 Å². The minimum atomic E-state index is -0.597. The molecule has 1 saturated heterocycles. The second-order valence-corrected chi connectivity index (χ2v) is 7.23. The molecule has 3 rings (SSSR count). The number of esters is 1. The highest BCUT2D eigenvalue weighted by Crippen LogP contribution is 2.42. The number of ether oxygens (including phenoxy) is 1. The smallest absolute Gasteiger partial charge is 0.310 e. The molecule has 2 aromatic rings. The molecule has 1 aromatic carbocycles. The van der Waals surface area contributed by atoms with Crippen molar-refractivity contribution in [2.24, 2.45) is 5.92 Å². The van der Waals surface area contributed by atoms with Crippen LogP contribution in [0.1, 0.15) is 44.4 Å². The fourth-order valence-electron chi connectivity index (χ4n) is 2.96. The molecule has 0 aliphatic carbocycles. The van der Waals surface area contributed by atoms with Gasteiger partial charge in [0.1, 0.15) is 0 Å². The van der Waals surface area contributed by atoms with E-state index in [2.05, 4.69) is 36.3 Å². The first kappa shape index (κ1) is 16.0. The van der Waals surface area contributed by atoms with Crippen LogP contribution >= 0.6 is 11.3 Å². The van der Waals surface area contributed by atoms with Gasteiger partial charge in [0, 0.05) is 17.5 Å². The van der Waals surface area contributed by atoms with Crippen molar-refractivity contribution >= 4 is 28.1 Å². The van der Waals surface area contributed by atoms with Gasteiger partial charge in [-0.1, -0.05) is 31.0 Å². The third-order valence-corrected chi connectivity index (χ3v) is 5.04. The van der Waals surface area contributed by atoms with Crippen molar-refractivity contribution < 1.29 is 9.53 Å². The van der Waals surface area contributed by atoms with Gasteiger partial charge in [-0.05, 0) is 32.4 Å². The van der Waals surface area contributed by atoms with E-state index >= 15 is 0 Å². The summed E-state index contributed by atoms with van der Waals surface area (Å²) in [5, 5.41) is 6.11. The number of cyclic esters (lactones) is 1. The highest BCUT2D eigenvalue weighted by molar-refractivity contribution is 7.13. The summed E-state index contributed by atoms with van der Waals surface area (Å²) in [5.41, 5.74) is 2.47. The summed E-state index contributed by atoms with van der Waals surface area (Å²) in [6, 6.07) is 8.19. The number of carbonyl (C=O) groups excluding carboxylic acids is 1. The van der Waals surface area contributed by atoms with Crippen LogP contribution < -0.4 is 5.32 Å². The fourth-order valence-corrected chi connectivity index (χ4v) is 3.81. The summed E-state index contributed by atoms with van der Waals surface area (Å²) in [5.74, 6) is -0.0874. The van der Waals surface area contributed by atoms with Gasteiger partial charge in [-0.2, -0.15) is 0 Å². The Morgan fingerprint density at radius 2 is 2.13 bits per heavy atom. The second kappa shape index (κ2) is 6.32. The molecule has 1 aliphatic rings. The number of aryl methyl sites for hydroxylation is 1. The van der Waals surface area contributed by atoms with Crippen LogP contribution in [0.5, 0.6) is 0 Å². The Bertz CT molecular complexity index is 695. The molecule has 122 valence electrons. The molecule has 1 N–H and O–H groups in total. The van der Waals surface area contributed by atoms with Crippen molar-refractivity contribution in [3.63, 3.8) is 0 Å². The maximum absolute atomic E-state index is 12.0. The lowest BCUT2D eigenvalue weighted by Gasteiger charge is -2.19. The fraction of sp³-hybridized carbons (Fsp3) is 0.444. The van der Waals surface area contributed by atoms with Crippen LogP contribution in [-0.2, 0) is 15.1 Å². The number of aromatic nitrogens is 1. The zero-order valence-electron chi connectivity index (χ0n) is 13.8. The predicted molar refractivity (Wildman–Crippen MR) is 93.0 cm³/mol. The maximum atomic E-state index is 12.0. The number of rotatable bonds is 5. The van der Waals surface area contributed by atoms with E-state index in [1.54, 1.807) is 0 Å². The summed E-state index contributed by atoms with van der Waals surface area (Å²) in [6.45, 7) is 6.12. The van der Waals surface area contributed by atoms with Crippen LogP contribution in [0, 0.1) is 12.8 Å². The van der Waals surface area contributed by atoms with E-state index < -0.39 is 5.60 Å². The van der Waals surface area contributed by atoms with Crippen LogP contribution in [0.3, 0.4) is 0 Å². The largest absolute Gasteiger partial charge is 0.453 e. The molecule has 1 aromatic heterocycles. The monoisotopic (exact) mass is 330 g/mol. The molecule has 2 atom stereocenters. The van der Waals surface area contributed by atoms with Crippen LogP contribution in [0.25, 0.3) is 0 Å². The van der Waals surface area contributed by atoms with Gasteiger partial charge < -0.3 is 10.1 Å². The van der Waals surface area contributed by atoms with E-state index in [-0.39, 0.29) is 11.9 Å². The summed E-state index contributed by atoms with van der Waals surface area (Å²) < 4.78 is 5.66. The van der Waals surface area contributed by atoms with E-state index in [0.29, 0.717) is 6.42 Å². The van der Waals surface area contributed by atoms with Crippen molar-refractivity contribution in [1.82, 2.24) is 4.98 Å². The number of anilines is 2. The number of benzene rings is 1. The maximum Gasteiger partial charge on any atom is 0.310 e. The van der Waals surface area contributed by atoms with E-state index in [9.17, 15) is 4.79 Å². The number of thiazole rings is 1. The minimum absolute atomic E-state index is 0.000192. The summed E-state index contributed by atoms with van der Waals surface area (Å²) in [7, 11) is 0. The Hall–Kier alpha value is -1.88. The SMILES string of the molecule is CCC[C@H]1C[C@@](C)(c2csc(Nc3ccc(C)cc3)n2)OC1=O. The first-order chi connectivity index (χ1) is 11.0. The van der Waals surface area contributed by atoms with Crippen molar-refractivity contribution in [2.45, 2.75) is 45.6 Å². The molecule has 0 saturated carbocycles. The van der Waals surface area contributed by atoms with Gasteiger partial charge in [-0.3, -0.25) is 4.79 Å². The van der Waals surface area contributed by atoms with Crippen LogP contribution in [0.4, 0.5) is 10.8 Å². The van der Waals surface area contributed by atoms with Crippen molar-refractivity contribution in [3.05, 3.63) is 40.9 Å². The molecule has 23 heavy (non-hydrogen) atoms. The molecule has 2 heterocycles. The molecular weight excluding hydrogens is 308 g/mol. The standard InChI is InChI=1S/C18H22N2O2S/c1-4-5-13-10-18(3,22-16(13)21)15-11-23-17(20-15)19-14-8-6-12(2)7-9-14/h6-9,11,13H,4-5,10H2,1-3H3,(H,19,20)/t13-,18-/m0/s1. The molecule has 0 spiro atoms. The Morgan fingerprint density at radius 3 is 2.83 bits per heavy atom. The first-order valence-corrected chi connectivity index (χ1v) is 8.90. The van der Waals surface area contributed by atoms with E-state index in [0.717, 1.165) is 29.4 Å². The van der Waals surface area contributed by atoms with Gasteiger partial charge in [0.05, 0.1) is 11.6 Å². The lowest BCUT2D eigenvalue weighted by atomic mass is 9.91. The highest BCUT2D eigenvalue weighted by atomic mass is 32.1. The van der Waals surface area contributed by atoms with Crippen molar-refractivity contribution in [3.8, 4) is 0 Å². The van der Waals surface area contributed by atoms with E-state index in [1.165, 1.54) is 16.9 Å². The lowest BCUT2D eigenvalue weighted by molar-refractivity contribution is -0.150. The second-order valence-electron chi connectivity index (χ2n) is 6.37. The van der Waals surface area contributed by atoms with Gasteiger partial charge in [-0.25, -0.2) is 4.98 Å². The Balaban J connectivity index is 1.74. The number of nitrogens with one attached hydrogen (secondary N) is 1. The van der Waals surface area contributed by atoms with Gasteiger partial charge in [0.25, 0.3) is 0 Å². The quantitative estimate of drug-likeness (QED) is 0.802. The first-order valence-electron chi connectivity index (χ1n) is 8.03.